The molecule has 0 N–H and O–H groups in total. The van der Waals surface area contributed by atoms with Crippen molar-refractivity contribution in [3.05, 3.63) is 29.3 Å². The number of rotatable bonds is 5. The van der Waals surface area contributed by atoms with E-state index in [2.05, 4.69) is 16.3 Å². The molecule has 144 valence electrons. The fourth-order valence-corrected chi connectivity index (χ4v) is 4.64. The van der Waals surface area contributed by atoms with Gasteiger partial charge in [-0.2, -0.15) is 0 Å². The van der Waals surface area contributed by atoms with Crippen molar-refractivity contribution in [3.63, 3.8) is 0 Å². The van der Waals surface area contributed by atoms with Crippen molar-refractivity contribution >= 4 is 35.4 Å². The van der Waals surface area contributed by atoms with Gasteiger partial charge in [0.2, 0.25) is 11.8 Å². The van der Waals surface area contributed by atoms with Crippen LogP contribution in [0.15, 0.2) is 27.8 Å². The first kappa shape index (κ1) is 19.8. The highest BCUT2D eigenvalue weighted by Gasteiger charge is 2.29. The van der Waals surface area contributed by atoms with Crippen LogP contribution in [0.3, 0.4) is 0 Å². The van der Waals surface area contributed by atoms with E-state index in [-0.39, 0.29) is 22.9 Å². The summed E-state index contributed by atoms with van der Waals surface area (Å²) in [5.74, 6) is 0.998. The van der Waals surface area contributed by atoms with Gasteiger partial charge in [0.05, 0.1) is 12.9 Å². The standard InChI is InChI=1S/C18H21N3O4S2/c1-11-6-12(2)8-13(7-11)16-19-20-18(25-16)27-10-15(22)21-4-5-26-14(9-21)17(23)24-3/h6-8,14H,4-5,9-10H2,1-3H3/t14-/m1/s1. The minimum absolute atomic E-state index is 0.0552. The van der Waals surface area contributed by atoms with Crippen LogP contribution in [0.25, 0.3) is 11.5 Å². The Morgan fingerprint density at radius 3 is 2.74 bits per heavy atom. The van der Waals surface area contributed by atoms with Crippen LogP contribution in [0.2, 0.25) is 0 Å². The number of aryl methyl sites for hydroxylation is 2. The molecule has 1 aromatic carbocycles. The molecule has 0 radical (unpaired) electrons. The lowest BCUT2D eigenvalue weighted by atomic mass is 10.1. The molecule has 1 amide bonds. The van der Waals surface area contributed by atoms with Crippen LogP contribution in [0.5, 0.6) is 0 Å². The molecule has 2 aromatic rings. The number of carbonyl (C=O) groups is 2. The maximum absolute atomic E-state index is 12.4. The molecule has 1 aliphatic rings. The minimum Gasteiger partial charge on any atom is -0.468 e. The highest BCUT2D eigenvalue weighted by molar-refractivity contribution is 8.00. The Morgan fingerprint density at radius 2 is 2.04 bits per heavy atom. The topological polar surface area (TPSA) is 85.5 Å². The molecule has 1 fully saturated rings. The fraction of sp³-hybridized carbons (Fsp3) is 0.444. The fourth-order valence-electron chi connectivity index (χ4n) is 2.85. The zero-order valence-electron chi connectivity index (χ0n) is 15.4. The minimum atomic E-state index is -0.322. The van der Waals surface area contributed by atoms with E-state index < -0.39 is 0 Å². The Balaban J connectivity index is 1.58. The number of esters is 1. The third-order valence-corrected chi connectivity index (χ3v) is 6.04. The van der Waals surface area contributed by atoms with Crippen LogP contribution in [-0.4, -0.2) is 63.9 Å². The van der Waals surface area contributed by atoms with Crippen LogP contribution in [0.4, 0.5) is 0 Å². The van der Waals surface area contributed by atoms with E-state index in [1.165, 1.54) is 30.6 Å². The maximum atomic E-state index is 12.4. The second kappa shape index (κ2) is 8.79. The number of nitrogens with zero attached hydrogens (tertiary/aromatic N) is 3. The van der Waals surface area contributed by atoms with Crippen LogP contribution < -0.4 is 0 Å². The second-order valence-corrected chi connectivity index (χ2v) is 8.50. The Hall–Kier alpha value is -2.00. The zero-order chi connectivity index (χ0) is 19.4. The van der Waals surface area contributed by atoms with Gasteiger partial charge >= 0.3 is 5.97 Å². The smallest absolute Gasteiger partial charge is 0.320 e. The molecule has 0 bridgehead atoms. The van der Waals surface area contributed by atoms with E-state index in [0.29, 0.717) is 30.0 Å². The predicted octanol–water partition coefficient (Wildman–Crippen LogP) is 2.56. The lowest BCUT2D eigenvalue weighted by Crippen LogP contribution is -2.45. The van der Waals surface area contributed by atoms with Gasteiger partial charge in [-0.1, -0.05) is 29.0 Å². The average Bonchev–Trinajstić information content (AvgIpc) is 3.14. The third-order valence-electron chi connectivity index (χ3n) is 4.08. The van der Waals surface area contributed by atoms with Gasteiger partial charge in [0, 0.05) is 24.4 Å². The van der Waals surface area contributed by atoms with Crippen molar-refractivity contribution in [3.8, 4) is 11.5 Å². The van der Waals surface area contributed by atoms with E-state index in [1.807, 2.05) is 26.0 Å². The summed E-state index contributed by atoms with van der Waals surface area (Å²) < 4.78 is 10.5. The average molecular weight is 408 g/mol. The summed E-state index contributed by atoms with van der Waals surface area (Å²) in [5, 5.41) is 8.13. The molecule has 0 spiro atoms. The maximum Gasteiger partial charge on any atom is 0.320 e. The van der Waals surface area contributed by atoms with Gasteiger partial charge in [-0.05, 0) is 26.0 Å². The molecule has 7 nitrogen and oxygen atoms in total. The first-order valence-electron chi connectivity index (χ1n) is 8.48. The lowest BCUT2D eigenvalue weighted by molar-refractivity contribution is -0.141. The zero-order valence-corrected chi connectivity index (χ0v) is 17.1. The Kier molecular flexibility index (Phi) is 6.43. The molecular weight excluding hydrogens is 386 g/mol. The quantitative estimate of drug-likeness (QED) is 0.552. The molecule has 1 saturated heterocycles. The number of aromatic nitrogens is 2. The largest absolute Gasteiger partial charge is 0.468 e. The van der Waals surface area contributed by atoms with Crippen molar-refractivity contribution in [2.75, 3.05) is 31.7 Å². The summed E-state index contributed by atoms with van der Waals surface area (Å²) in [6.45, 7) is 5.02. The lowest BCUT2D eigenvalue weighted by Gasteiger charge is -2.30. The highest BCUT2D eigenvalue weighted by Crippen LogP contribution is 2.26. The molecular formula is C18H21N3O4S2. The summed E-state index contributed by atoms with van der Waals surface area (Å²) >= 11 is 2.73. The van der Waals surface area contributed by atoms with E-state index in [9.17, 15) is 9.59 Å². The number of hydrogen-bond acceptors (Lipinski definition) is 8. The van der Waals surface area contributed by atoms with Crippen LogP contribution in [0, 0.1) is 13.8 Å². The van der Waals surface area contributed by atoms with Crippen LogP contribution in [-0.2, 0) is 14.3 Å². The molecule has 1 atom stereocenters. The molecule has 1 aromatic heterocycles. The second-order valence-electron chi connectivity index (χ2n) is 6.26. The van der Waals surface area contributed by atoms with Crippen molar-refractivity contribution in [1.29, 1.82) is 0 Å². The van der Waals surface area contributed by atoms with E-state index in [4.69, 9.17) is 9.15 Å². The van der Waals surface area contributed by atoms with Gasteiger partial charge in [0.25, 0.3) is 5.22 Å². The van der Waals surface area contributed by atoms with Crippen LogP contribution in [0.1, 0.15) is 11.1 Å². The van der Waals surface area contributed by atoms with Crippen LogP contribution >= 0.6 is 23.5 Å². The summed E-state index contributed by atoms with van der Waals surface area (Å²) in [6.07, 6.45) is 0. The summed E-state index contributed by atoms with van der Waals surface area (Å²) in [6, 6.07) is 6.05. The number of ether oxygens (including phenoxy) is 1. The predicted molar refractivity (Wildman–Crippen MR) is 105 cm³/mol. The first-order valence-corrected chi connectivity index (χ1v) is 10.5. The number of thioether (sulfide) groups is 2. The van der Waals surface area contributed by atoms with E-state index >= 15 is 0 Å². The number of amides is 1. The summed E-state index contributed by atoms with van der Waals surface area (Å²) in [4.78, 5) is 25.8. The van der Waals surface area contributed by atoms with Crippen molar-refractivity contribution in [2.24, 2.45) is 0 Å². The van der Waals surface area contributed by atoms with Gasteiger partial charge < -0.3 is 14.1 Å². The molecule has 0 unspecified atom stereocenters. The van der Waals surface area contributed by atoms with Gasteiger partial charge in [-0.3, -0.25) is 9.59 Å². The van der Waals surface area contributed by atoms with Crippen molar-refractivity contribution < 1.29 is 18.7 Å². The van der Waals surface area contributed by atoms with E-state index in [0.717, 1.165) is 16.7 Å². The monoisotopic (exact) mass is 407 g/mol. The molecule has 9 heteroatoms. The third kappa shape index (κ3) is 5.04. The molecule has 3 rings (SSSR count). The van der Waals surface area contributed by atoms with Gasteiger partial charge in [0.1, 0.15) is 5.25 Å². The van der Waals surface area contributed by atoms with E-state index in [1.54, 1.807) is 4.90 Å². The van der Waals surface area contributed by atoms with Crippen molar-refractivity contribution in [2.45, 2.75) is 24.3 Å². The first-order chi connectivity index (χ1) is 13.0. The Bertz CT molecular complexity index is 820. The molecule has 0 aliphatic carbocycles. The van der Waals surface area contributed by atoms with Gasteiger partial charge in [-0.25, -0.2) is 0 Å². The molecule has 2 heterocycles. The highest BCUT2D eigenvalue weighted by atomic mass is 32.2. The SMILES string of the molecule is COC(=O)[C@H]1CN(C(=O)CSc2nnc(-c3cc(C)cc(C)c3)o2)CCS1. The number of hydrogen-bond donors (Lipinski definition) is 0. The number of benzene rings is 1. The van der Waals surface area contributed by atoms with Crippen molar-refractivity contribution in [1.82, 2.24) is 15.1 Å². The van der Waals surface area contributed by atoms with Gasteiger partial charge in [-0.15, -0.1) is 22.0 Å². The molecule has 0 saturated carbocycles. The Labute approximate surface area is 166 Å². The summed E-state index contributed by atoms with van der Waals surface area (Å²) in [5.41, 5.74) is 3.11. The normalized spacial score (nSPS) is 17.0. The number of methoxy groups -OCH3 is 1. The number of carbonyl (C=O) groups excluding carboxylic acids is 2. The molecule has 27 heavy (non-hydrogen) atoms. The Morgan fingerprint density at radius 1 is 1.30 bits per heavy atom. The molecule has 1 aliphatic heterocycles. The summed E-state index contributed by atoms with van der Waals surface area (Å²) in [7, 11) is 1.36. The van der Waals surface area contributed by atoms with Gasteiger partial charge in [0.15, 0.2) is 0 Å².